The second kappa shape index (κ2) is 12.0. The number of rotatable bonds is 6. The summed E-state index contributed by atoms with van der Waals surface area (Å²) in [6, 6.07) is 24.1. The number of methoxy groups -OCH3 is 1. The van der Waals surface area contributed by atoms with Gasteiger partial charge in [-0.25, -0.2) is 9.48 Å². The van der Waals surface area contributed by atoms with Gasteiger partial charge in [-0.1, -0.05) is 65.7 Å². The fourth-order valence-corrected chi connectivity index (χ4v) is 5.60. The van der Waals surface area contributed by atoms with E-state index in [1.54, 1.807) is 33.8 Å². The van der Waals surface area contributed by atoms with Crippen LogP contribution in [0.1, 0.15) is 50.7 Å². The number of carbonyl (C=O) groups is 2. The number of esters is 1. The van der Waals surface area contributed by atoms with Crippen LogP contribution < -0.4 is 0 Å². The van der Waals surface area contributed by atoms with Crippen molar-refractivity contribution < 1.29 is 14.3 Å². The Morgan fingerprint density at radius 2 is 1.68 bits per heavy atom. The van der Waals surface area contributed by atoms with Crippen LogP contribution in [0.4, 0.5) is 0 Å². The number of hydrogen-bond acceptors (Lipinski definition) is 5. The van der Waals surface area contributed by atoms with E-state index in [2.05, 4.69) is 6.07 Å². The van der Waals surface area contributed by atoms with Crippen molar-refractivity contribution in [3.63, 3.8) is 0 Å². The number of amides is 1. The molecule has 7 nitrogen and oxygen atoms in total. The van der Waals surface area contributed by atoms with E-state index in [1.807, 2.05) is 48.5 Å². The highest BCUT2D eigenvalue weighted by Crippen LogP contribution is 2.35. The Labute approximate surface area is 242 Å². The predicted molar refractivity (Wildman–Crippen MR) is 154 cm³/mol. The van der Waals surface area contributed by atoms with Gasteiger partial charge in [-0.15, -0.1) is 0 Å². The highest BCUT2D eigenvalue weighted by molar-refractivity contribution is 6.32. The maximum absolute atomic E-state index is 13.9. The minimum atomic E-state index is -0.366. The Hall–Kier alpha value is -4.12. The fourth-order valence-electron chi connectivity index (χ4n) is 5.26. The lowest BCUT2D eigenvalue weighted by molar-refractivity contribution is 0.0594. The van der Waals surface area contributed by atoms with Gasteiger partial charge in [-0.3, -0.25) is 4.79 Å². The van der Waals surface area contributed by atoms with Crippen molar-refractivity contribution >= 4 is 35.1 Å². The first-order chi connectivity index (χ1) is 19.4. The number of piperidine rings is 1. The van der Waals surface area contributed by atoms with Gasteiger partial charge in [0.2, 0.25) is 0 Å². The van der Waals surface area contributed by atoms with E-state index < -0.39 is 0 Å². The summed E-state index contributed by atoms with van der Waals surface area (Å²) < 4.78 is 6.61. The van der Waals surface area contributed by atoms with Crippen molar-refractivity contribution in [2.24, 2.45) is 0 Å². The number of ether oxygens (including phenoxy) is 1. The zero-order valence-electron chi connectivity index (χ0n) is 21.8. The van der Waals surface area contributed by atoms with E-state index in [0.29, 0.717) is 58.5 Å². The number of benzene rings is 3. The van der Waals surface area contributed by atoms with Crippen LogP contribution in [0.3, 0.4) is 0 Å². The Morgan fingerprint density at radius 1 is 1.00 bits per heavy atom. The summed E-state index contributed by atoms with van der Waals surface area (Å²) in [6.45, 7) is 0.973. The molecule has 202 valence electrons. The van der Waals surface area contributed by atoms with E-state index in [9.17, 15) is 14.9 Å². The van der Waals surface area contributed by atoms with Crippen LogP contribution >= 0.6 is 23.2 Å². The van der Waals surface area contributed by atoms with Crippen LogP contribution in [-0.2, 0) is 11.2 Å². The Kier molecular flexibility index (Phi) is 8.20. The second-order valence-electron chi connectivity index (χ2n) is 9.53. The standard InChI is InChI=1S/C31H26Cl2N4O3/c1-40-31(39)24-7-3-2-6-23(24)20-15-18-36(19-16-20)30(38)28-25(14-17-34)29(21-10-12-22(32)13-11-21)37(35-28)27-9-5-4-8-26(27)33/h2-13,20H,14-16,18-19H2,1H3. The third-order valence-corrected chi connectivity index (χ3v) is 7.80. The molecule has 1 amide bonds. The molecule has 1 saturated heterocycles. The molecule has 0 atom stereocenters. The highest BCUT2D eigenvalue weighted by Gasteiger charge is 2.32. The van der Waals surface area contributed by atoms with Crippen molar-refractivity contribution in [2.75, 3.05) is 20.2 Å². The number of aromatic nitrogens is 2. The first-order valence-corrected chi connectivity index (χ1v) is 13.6. The summed E-state index contributed by atoms with van der Waals surface area (Å²) in [5.74, 6) is -0.496. The smallest absolute Gasteiger partial charge is 0.338 e. The average Bonchev–Trinajstić information content (AvgIpc) is 3.36. The molecular formula is C31H26Cl2N4O3. The lowest BCUT2D eigenvalue weighted by Crippen LogP contribution is -2.38. The molecule has 2 heterocycles. The topological polar surface area (TPSA) is 88.2 Å². The third kappa shape index (κ3) is 5.33. The Balaban J connectivity index is 1.50. The molecule has 5 rings (SSSR count). The van der Waals surface area contributed by atoms with Gasteiger partial charge in [0.25, 0.3) is 5.91 Å². The Bertz CT molecular complexity index is 1600. The molecule has 1 aliphatic rings. The number of nitrogens with zero attached hydrogens (tertiary/aromatic N) is 4. The first-order valence-electron chi connectivity index (χ1n) is 12.9. The lowest BCUT2D eigenvalue weighted by Gasteiger charge is -2.32. The van der Waals surface area contributed by atoms with E-state index >= 15 is 0 Å². The molecule has 1 aromatic heterocycles. The van der Waals surface area contributed by atoms with Gasteiger partial charge in [0.05, 0.1) is 41.6 Å². The quantitative estimate of drug-likeness (QED) is 0.239. The third-order valence-electron chi connectivity index (χ3n) is 7.23. The van der Waals surface area contributed by atoms with Gasteiger partial charge in [-0.2, -0.15) is 10.4 Å². The van der Waals surface area contributed by atoms with Crippen LogP contribution in [0, 0.1) is 11.3 Å². The fraction of sp³-hybridized carbons (Fsp3) is 0.226. The summed E-state index contributed by atoms with van der Waals surface area (Å²) >= 11 is 12.7. The molecule has 1 fully saturated rings. The Morgan fingerprint density at radius 3 is 2.35 bits per heavy atom. The van der Waals surface area contributed by atoms with Crippen LogP contribution in [0.25, 0.3) is 16.9 Å². The van der Waals surface area contributed by atoms with Gasteiger partial charge in [0.1, 0.15) is 0 Å². The molecule has 9 heteroatoms. The number of halogens is 2. The van der Waals surface area contributed by atoms with E-state index in [1.165, 1.54) is 7.11 Å². The molecular weight excluding hydrogens is 547 g/mol. The monoisotopic (exact) mass is 572 g/mol. The molecule has 4 aromatic rings. The molecule has 0 bridgehead atoms. The van der Waals surface area contributed by atoms with Crippen LogP contribution in [0.2, 0.25) is 10.0 Å². The van der Waals surface area contributed by atoms with Gasteiger partial charge in [0, 0.05) is 29.2 Å². The number of carbonyl (C=O) groups excluding carboxylic acids is 2. The molecule has 0 saturated carbocycles. The number of likely N-dealkylation sites (tertiary alicyclic amines) is 1. The zero-order valence-corrected chi connectivity index (χ0v) is 23.3. The van der Waals surface area contributed by atoms with Crippen molar-refractivity contribution in [2.45, 2.75) is 25.2 Å². The molecule has 0 aliphatic carbocycles. The summed E-state index contributed by atoms with van der Waals surface area (Å²) in [6.07, 6.45) is 1.36. The maximum atomic E-state index is 13.9. The zero-order chi connectivity index (χ0) is 28.2. The number of nitriles is 1. The first kappa shape index (κ1) is 27.4. The minimum absolute atomic E-state index is 0.00748. The molecule has 40 heavy (non-hydrogen) atoms. The van der Waals surface area contributed by atoms with Gasteiger partial charge in [-0.05, 0) is 54.7 Å². The van der Waals surface area contributed by atoms with Crippen LogP contribution in [0.5, 0.6) is 0 Å². The summed E-state index contributed by atoms with van der Waals surface area (Å²) in [5, 5.41) is 15.5. The maximum Gasteiger partial charge on any atom is 0.338 e. The minimum Gasteiger partial charge on any atom is -0.465 e. The number of hydrogen-bond donors (Lipinski definition) is 0. The van der Waals surface area contributed by atoms with Crippen molar-refractivity contribution in [1.82, 2.24) is 14.7 Å². The van der Waals surface area contributed by atoms with E-state index in [0.717, 1.165) is 11.1 Å². The van der Waals surface area contributed by atoms with Gasteiger partial charge >= 0.3 is 5.97 Å². The molecule has 0 radical (unpaired) electrons. The molecule has 1 aliphatic heterocycles. The molecule has 0 N–H and O–H groups in total. The van der Waals surface area contributed by atoms with E-state index in [-0.39, 0.29) is 29.9 Å². The van der Waals surface area contributed by atoms with Gasteiger partial charge < -0.3 is 9.64 Å². The SMILES string of the molecule is COC(=O)c1ccccc1C1CCN(C(=O)c2nn(-c3ccccc3Cl)c(-c3ccc(Cl)cc3)c2CC#N)CC1. The largest absolute Gasteiger partial charge is 0.465 e. The van der Waals surface area contributed by atoms with Crippen molar-refractivity contribution in [1.29, 1.82) is 5.26 Å². The van der Waals surface area contributed by atoms with Crippen molar-refractivity contribution in [3.05, 3.63) is 105 Å². The summed E-state index contributed by atoms with van der Waals surface area (Å²) in [7, 11) is 1.37. The second-order valence-corrected chi connectivity index (χ2v) is 10.4. The predicted octanol–water partition coefficient (Wildman–Crippen LogP) is 6.72. The average molecular weight is 573 g/mol. The molecule has 0 unspecified atom stereocenters. The number of para-hydroxylation sites is 1. The normalized spacial score (nSPS) is 13.6. The lowest BCUT2D eigenvalue weighted by atomic mass is 9.86. The van der Waals surface area contributed by atoms with Crippen LogP contribution in [0.15, 0.2) is 72.8 Å². The summed E-state index contributed by atoms with van der Waals surface area (Å²) in [4.78, 5) is 28.0. The van der Waals surface area contributed by atoms with Crippen LogP contribution in [-0.4, -0.2) is 46.8 Å². The van der Waals surface area contributed by atoms with E-state index in [4.69, 9.17) is 33.0 Å². The highest BCUT2D eigenvalue weighted by atomic mass is 35.5. The molecule has 3 aromatic carbocycles. The summed E-state index contributed by atoms with van der Waals surface area (Å²) in [5.41, 5.74) is 4.23. The molecule has 0 spiro atoms. The van der Waals surface area contributed by atoms with Crippen molar-refractivity contribution in [3.8, 4) is 23.0 Å². The van der Waals surface area contributed by atoms with Gasteiger partial charge in [0.15, 0.2) is 5.69 Å².